The molecule has 1 fully saturated rings. The van der Waals surface area contributed by atoms with Crippen LogP contribution in [0, 0.1) is 11.8 Å². The minimum Gasteiger partial charge on any atom is -0.330 e. The fraction of sp³-hybridized carbons (Fsp3) is 1.00. The molecule has 1 aliphatic heterocycles. The summed E-state index contributed by atoms with van der Waals surface area (Å²) in [5.74, 6) is 1.51. The summed E-state index contributed by atoms with van der Waals surface area (Å²) in [6, 6.07) is 0. The summed E-state index contributed by atoms with van der Waals surface area (Å²) < 4.78 is 0. The van der Waals surface area contributed by atoms with Gasteiger partial charge in [0.05, 0.1) is 0 Å². The Balaban J connectivity index is 2.54. The fourth-order valence-corrected chi connectivity index (χ4v) is 2.56. The minimum absolute atomic E-state index is 0.354. The molecule has 1 saturated heterocycles. The third-order valence-electron chi connectivity index (χ3n) is 3.37. The molecule has 0 aromatic carbocycles. The lowest BCUT2D eigenvalue weighted by Crippen LogP contribution is -2.52. The Morgan fingerprint density at radius 2 is 2.07 bits per heavy atom. The van der Waals surface area contributed by atoms with Gasteiger partial charge in [-0.2, -0.15) is 0 Å². The number of nitrogens with two attached hydrogens (primary N) is 1. The van der Waals surface area contributed by atoms with Gasteiger partial charge in [0, 0.05) is 12.1 Å². The van der Waals surface area contributed by atoms with E-state index in [1.807, 2.05) is 0 Å². The molecule has 0 amide bonds. The van der Waals surface area contributed by atoms with E-state index in [0.717, 1.165) is 18.4 Å². The van der Waals surface area contributed by atoms with Gasteiger partial charge in [-0.05, 0) is 51.6 Å². The largest absolute Gasteiger partial charge is 0.330 e. The van der Waals surface area contributed by atoms with Gasteiger partial charge in [-0.3, -0.25) is 4.90 Å². The second kappa shape index (κ2) is 4.63. The first-order valence-electron chi connectivity index (χ1n) is 5.91. The number of nitrogens with zero attached hydrogens (tertiary/aromatic N) is 1. The molecule has 2 heteroatoms. The Hall–Kier alpha value is -0.0800. The first kappa shape index (κ1) is 12.0. The van der Waals surface area contributed by atoms with Crippen molar-refractivity contribution < 1.29 is 0 Å². The van der Waals surface area contributed by atoms with Crippen molar-refractivity contribution in [2.45, 2.75) is 46.1 Å². The highest BCUT2D eigenvalue weighted by atomic mass is 15.2. The number of hydrogen-bond acceptors (Lipinski definition) is 2. The smallest absolute Gasteiger partial charge is 0.0156 e. The molecule has 0 saturated carbocycles. The van der Waals surface area contributed by atoms with Gasteiger partial charge in [-0.1, -0.05) is 13.8 Å². The van der Waals surface area contributed by atoms with Crippen LogP contribution in [0.3, 0.4) is 0 Å². The molecule has 1 atom stereocenters. The van der Waals surface area contributed by atoms with Crippen LogP contribution in [0.2, 0.25) is 0 Å². The lowest BCUT2D eigenvalue weighted by molar-refractivity contribution is 0.0391. The van der Waals surface area contributed by atoms with E-state index >= 15 is 0 Å². The third kappa shape index (κ3) is 2.96. The molecule has 2 nitrogen and oxygen atoms in total. The highest BCUT2D eigenvalue weighted by Gasteiger charge is 2.33. The van der Waals surface area contributed by atoms with Crippen LogP contribution < -0.4 is 5.73 Å². The molecule has 0 bridgehead atoms. The van der Waals surface area contributed by atoms with E-state index in [4.69, 9.17) is 5.73 Å². The van der Waals surface area contributed by atoms with E-state index in [0.29, 0.717) is 5.54 Å². The molecule has 14 heavy (non-hydrogen) atoms. The average molecular weight is 198 g/mol. The fourth-order valence-electron chi connectivity index (χ4n) is 2.56. The van der Waals surface area contributed by atoms with Crippen molar-refractivity contribution in [3.8, 4) is 0 Å². The van der Waals surface area contributed by atoms with Crippen LogP contribution in [0.5, 0.6) is 0 Å². The molecule has 1 unspecified atom stereocenters. The van der Waals surface area contributed by atoms with E-state index < -0.39 is 0 Å². The molecule has 1 heterocycles. The van der Waals surface area contributed by atoms with Gasteiger partial charge in [-0.15, -0.1) is 0 Å². The molecular formula is C12H26N2. The van der Waals surface area contributed by atoms with Crippen LogP contribution in [0.4, 0.5) is 0 Å². The zero-order chi connectivity index (χ0) is 10.8. The molecule has 0 spiro atoms. The molecular weight excluding hydrogens is 172 g/mol. The van der Waals surface area contributed by atoms with E-state index in [1.54, 1.807) is 0 Å². The zero-order valence-corrected chi connectivity index (χ0v) is 10.2. The van der Waals surface area contributed by atoms with Crippen molar-refractivity contribution in [1.29, 1.82) is 0 Å². The average Bonchev–Trinajstić information content (AvgIpc) is 2.07. The van der Waals surface area contributed by atoms with Crippen molar-refractivity contribution >= 4 is 0 Å². The Morgan fingerprint density at radius 3 is 2.50 bits per heavy atom. The van der Waals surface area contributed by atoms with Crippen molar-refractivity contribution in [3.63, 3.8) is 0 Å². The first-order valence-corrected chi connectivity index (χ1v) is 5.91. The summed E-state index contributed by atoms with van der Waals surface area (Å²) in [7, 11) is 0. The van der Waals surface area contributed by atoms with Crippen LogP contribution in [0.1, 0.15) is 40.5 Å². The second-order valence-corrected chi connectivity index (χ2v) is 5.75. The van der Waals surface area contributed by atoms with Gasteiger partial charge in [0.25, 0.3) is 0 Å². The maximum absolute atomic E-state index is 5.75. The summed E-state index contributed by atoms with van der Waals surface area (Å²) in [4.78, 5) is 2.63. The van der Waals surface area contributed by atoms with Gasteiger partial charge in [0.2, 0.25) is 0 Å². The normalized spacial score (nSPS) is 28.3. The SMILES string of the molecule is CC(C)CN1CCC(CN)CC1(C)C. The van der Waals surface area contributed by atoms with Gasteiger partial charge in [0.1, 0.15) is 0 Å². The lowest BCUT2D eigenvalue weighted by atomic mass is 9.82. The Morgan fingerprint density at radius 1 is 1.43 bits per heavy atom. The van der Waals surface area contributed by atoms with Gasteiger partial charge < -0.3 is 5.73 Å². The van der Waals surface area contributed by atoms with E-state index in [9.17, 15) is 0 Å². The maximum Gasteiger partial charge on any atom is 0.0156 e. The quantitative estimate of drug-likeness (QED) is 0.752. The molecule has 1 rings (SSSR count). The summed E-state index contributed by atoms with van der Waals surface area (Å²) in [5.41, 5.74) is 6.11. The zero-order valence-electron chi connectivity index (χ0n) is 10.2. The maximum atomic E-state index is 5.75. The molecule has 1 aliphatic rings. The minimum atomic E-state index is 0.354. The van der Waals surface area contributed by atoms with Crippen molar-refractivity contribution in [1.82, 2.24) is 4.90 Å². The number of likely N-dealkylation sites (tertiary alicyclic amines) is 1. The van der Waals surface area contributed by atoms with Crippen LogP contribution in [0.25, 0.3) is 0 Å². The van der Waals surface area contributed by atoms with Gasteiger partial charge in [0.15, 0.2) is 0 Å². The molecule has 0 aliphatic carbocycles. The summed E-state index contributed by atoms with van der Waals surface area (Å²) in [6.45, 7) is 12.6. The molecule has 0 aromatic heterocycles. The number of piperidine rings is 1. The molecule has 84 valence electrons. The van der Waals surface area contributed by atoms with Gasteiger partial charge >= 0.3 is 0 Å². The predicted molar refractivity (Wildman–Crippen MR) is 62.3 cm³/mol. The van der Waals surface area contributed by atoms with E-state index in [2.05, 4.69) is 32.6 Å². The highest BCUT2D eigenvalue weighted by Crippen LogP contribution is 2.31. The molecule has 0 aromatic rings. The Labute approximate surface area is 88.8 Å². The van der Waals surface area contributed by atoms with E-state index in [1.165, 1.54) is 25.9 Å². The lowest BCUT2D eigenvalue weighted by Gasteiger charge is -2.46. The molecule has 2 N–H and O–H groups in total. The molecule has 0 radical (unpaired) electrons. The Bertz CT molecular complexity index is 175. The number of hydrogen-bond donors (Lipinski definition) is 1. The first-order chi connectivity index (χ1) is 6.45. The summed E-state index contributed by atoms with van der Waals surface area (Å²) in [5, 5.41) is 0. The van der Waals surface area contributed by atoms with Crippen LogP contribution in [-0.2, 0) is 0 Å². The summed E-state index contributed by atoms with van der Waals surface area (Å²) in [6.07, 6.45) is 2.54. The highest BCUT2D eigenvalue weighted by molar-refractivity contribution is 4.89. The van der Waals surface area contributed by atoms with Crippen LogP contribution in [0.15, 0.2) is 0 Å². The monoisotopic (exact) mass is 198 g/mol. The Kier molecular flexibility index (Phi) is 3.96. The van der Waals surface area contributed by atoms with E-state index in [-0.39, 0.29) is 0 Å². The standard InChI is InChI=1S/C12H26N2/c1-10(2)9-14-6-5-11(8-13)7-12(14,3)4/h10-11H,5-9,13H2,1-4H3. The van der Waals surface area contributed by atoms with Crippen molar-refractivity contribution in [2.24, 2.45) is 17.6 Å². The van der Waals surface area contributed by atoms with Crippen LogP contribution in [-0.4, -0.2) is 30.1 Å². The number of rotatable bonds is 3. The predicted octanol–water partition coefficient (Wildman–Crippen LogP) is 2.09. The van der Waals surface area contributed by atoms with Crippen molar-refractivity contribution in [3.05, 3.63) is 0 Å². The second-order valence-electron chi connectivity index (χ2n) is 5.75. The van der Waals surface area contributed by atoms with Crippen molar-refractivity contribution in [2.75, 3.05) is 19.6 Å². The third-order valence-corrected chi connectivity index (χ3v) is 3.37. The summed E-state index contributed by atoms with van der Waals surface area (Å²) >= 11 is 0. The van der Waals surface area contributed by atoms with Gasteiger partial charge in [-0.25, -0.2) is 0 Å². The van der Waals surface area contributed by atoms with Crippen LogP contribution >= 0.6 is 0 Å². The topological polar surface area (TPSA) is 29.3 Å².